The highest BCUT2D eigenvalue weighted by Crippen LogP contribution is 2.29. The molecule has 0 spiro atoms. The van der Waals surface area contributed by atoms with E-state index in [9.17, 15) is 5.26 Å². The minimum absolute atomic E-state index is 0.429. The molecule has 2 aromatic rings. The summed E-state index contributed by atoms with van der Waals surface area (Å²) in [5.74, 6) is 1.73. The number of anilines is 2. The van der Waals surface area contributed by atoms with Crippen LogP contribution in [-0.4, -0.2) is 30.7 Å². The molecule has 0 amide bonds. The maximum Gasteiger partial charge on any atom is 0.137 e. The lowest BCUT2D eigenvalue weighted by Crippen LogP contribution is -2.24. The molecule has 2 rings (SSSR count). The summed E-state index contributed by atoms with van der Waals surface area (Å²) in [6.45, 7) is 7.75. The van der Waals surface area contributed by atoms with Crippen molar-refractivity contribution in [2.75, 3.05) is 31.3 Å². The topological polar surface area (TPSA) is 88.1 Å². The van der Waals surface area contributed by atoms with Gasteiger partial charge in [-0.25, -0.2) is 9.97 Å². The van der Waals surface area contributed by atoms with Crippen molar-refractivity contribution in [2.24, 2.45) is 0 Å². The van der Waals surface area contributed by atoms with E-state index in [1.165, 1.54) is 0 Å². The lowest BCUT2D eigenvalue weighted by molar-refractivity contribution is 0.183. The maximum absolute atomic E-state index is 9.79. The fourth-order valence-corrected chi connectivity index (χ4v) is 3.69. The average Bonchev–Trinajstić information content (AvgIpc) is 2.75. The van der Waals surface area contributed by atoms with E-state index >= 15 is 0 Å². The van der Waals surface area contributed by atoms with Crippen molar-refractivity contribution in [3.8, 4) is 6.07 Å². The van der Waals surface area contributed by atoms with Crippen molar-refractivity contribution in [1.29, 1.82) is 5.26 Å². The number of nitriles is 1. The van der Waals surface area contributed by atoms with Gasteiger partial charge in [0.2, 0.25) is 0 Å². The largest absolute Gasteiger partial charge is 0.398 e. The number of aryl methyl sites for hydroxylation is 2. The number of nitrogens with two attached hydrogens (primary N) is 1. The Balaban J connectivity index is 2.64. The fourth-order valence-electron chi connectivity index (χ4n) is 3.69. The summed E-state index contributed by atoms with van der Waals surface area (Å²) in [7, 11) is 3.77. The number of hydrogen-bond acceptors (Lipinski definition) is 6. The predicted molar refractivity (Wildman–Crippen MR) is 123 cm³/mol. The lowest BCUT2D eigenvalue weighted by Gasteiger charge is -2.24. The zero-order valence-corrected chi connectivity index (χ0v) is 19.1. The summed E-state index contributed by atoms with van der Waals surface area (Å²) >= 11 is 0. The first kappa shape index (κ1) is 23.6. The van der Waals surface area contributed by atoms with Gasteiger partial charge in [0, 0.05) is 44.8 Å². The molecule has 0 aliphatic heterocycles. The summed E-state index contributed by atoms with van der Waals surface area (Å²) < 4.78 is 5.54. The molecule has 30 heavy (non-hydrogen) atoms. The van der Waals surface area contributed by atoms with E-state index in [1.54, 1.807) is 7.11 Å². The summed E-state index contributed by atoms with van der Waals surface area (Å²) in [6.07, 6.45) is 5.42. The van der Waals surface area contributed by atoms with E-state index < -0.39 is 0 Å². The van der Waals surface area contributed by atoms with E-state index in [0.717, 1.165) is 72.7 Å². The molecule has 0 atom stereocenters. The van der Waals surface area contributed by atoms with E-state index in [4.69, 9.17) is 20.4 Å². The molecule has 0 bridgehead atoms. The standard InChI is InChI=1S/C24H35N5O/c1-6-9-13-29(4)24-20(16-30-5)22(27-23(8-3)28-24)14-18-17(10-7-2)11-12-21(26)19(18)15-25/h11-12H,6-10,13-14,16,26H2,1-5H3. The molecular formula is C24H35N5O. The maximum atomic E-state index is 9.79. The van der Waals surface area contributed by atoms with Gasteiger partial charge in [0.15, 0.2) is 0 Å². The number of benzene rings is 1. The smallest absolute Gasteiger partial charge is 0.137 e. The summed E-state index contributed by atoms with van der Waals surface area (Å²) in [5, 5.41) is 9.79. The van der Waals surface area contributed by atoms with Crippen LogP contribution in [-0.2, 0) is 30.6 Å². The minimum Gasteiger partial charge on any atom is -0.398 e. The molecule has 0 saturated heterocycles. The zero-order valence-electron chi connectivity index (χ0n) is 19.1. The minimum atomic E-state index is 0.429. The van der Waals surface area contributed by atoms with Gasteiger partial charge >= 0.3 is 0 Å². The van der Waals surface area contributed by atoms with E-state index in [0.29, 0.717) is 24.3 Å². The Morgan fingerprint density at radius 1 is 1.13 bits per heavy atom. The van der Waals surface area contributed by atoms with Gasteiger partial charge in [-0.05, 0) is 30.0 Å². The van der Waals surface area contributed by atoms with Crippen LogP contribution in [0.5, 0.6) is 0 Å². The number of hydrogen-bond donors (Lipinski definition) is 1. The normalized spacial score (nSPS) is 10.8. The number of rotatable bonds is 11. The lowest BCUT2D eigenvalue weighted by atomic mass is 9.92. The summed E-state index contributed by atoms with van der Waals surface area (Å²) in [6, 6.07) is 6.20. The third kappa shape index (κ3) is 5.48. The molecule has 0 saturated carbocycles. The van der Waals surface area contributed by atoms with Gasteiger partial charge in [0.05, 0.1) is 17.9 Å². The molecule has 1 aromatic heterocycles. The second-order valence-corrected chi connectivity index (χ2v) is 7.66. The summed E-state index contributed by atoms with van der Waals surface area (Å²) in [4.78, 5) is 11.9. The Kier molecular flexibility index (Phi) is 9.07. The molecule has 2 N–H and O–H groups in total. The van der Waals surface area contributed by atoms with Gasteiger partial charge in [0.25, 0.3) is 0 Å². The van der Waals surface area contributed by atoms with Crippen LogP contribution >= 0.6 is 0 Å². The van der Waals surface area contributed by atoms with Crippen LogP contribution in [0.2, 0.25) is 0 Å². The number of unbranched alkanes of at least 4 members (excludes halogenated alkanes) is 1. The molecular weight excluding hydrogens is 374 g/mol. The van der Waals surface area contributed by atoms with E-state index in [2.05, 4.69) is 38.8 Å². The molecule has 1 heterocycles. The van der Waals surface area contributed by atoms with E-state index in [1.807, 2.05) is 12.1 Å². The van der Waals surface area contributed by atoms with Crippen molar-refractivity contribution in [3.63, 3.8) is 0 Å². The van der Waals surface area contributed by atoms with E-state index in [-0.39, 0.29) is 0 Å². The number of ether oxygens (including phenoxy) is 1. The van der Waals surface area contributed by atoms with Crippen molar-refractivity contribution in [2.45, 2.75) is 65.9 Å². The zero-order chi connectivity index (χ0) is 22.1. The Bertz CT molecular complexity index is 888. The van der Waals surface area contributed by atoms with Gasteiger partial charge in [-0.2, -0.15) is 5.26 Å². The molecule has 6 nitrogen and oxygen atoms in total. The number of aromatic nitrogens is 2. The van der Waals surface area contributed by atoms with Crippen LogP contribution in [0.1, 0.15) is 73.8 Å². The Labute approximate surface area is 181 Å². The van der Waals surface area contributed by atoms with Gasteiger partial charge in [-0.15, -0.1) is 0 Å². The monoisotopic (exact) mass is 409 g/mol. The predicted octanol–water partition coefficient (Wildman–Crippen LogP) is 4.42. The first-order chi connectivity index (χ1) is 14.5. The average molecular weight is 410 g/mol. The van der Waals surface area contributed by atoms with Crippen LogP contribution < -0.4 is 10.6 Å². The van der Waals surface area contributed by atoms with Crippen molar-refractivity contribution in [3.05, 3.63) is 45.9 Å². The third-order valence-electron chi connectivity index (χ3n) is 5.35. The molecule has 6 heteroatoms. The first-order valence-electron chi connectivity index (χ1n) is 10.9. The highest BCUT2D eigenvalue weighted by atomic mass is 16.5. The van der Waals surface area contributed by atoms with Crippen LogP contribution in [0.3, 0.4) is 0 Å². The molecule has 0 aliphatic rings. The highest BCUT2D eigenvalue weighted by molar-refractivity contribution is 5.62. The molecule has 162 valence electrons. The van der Waals surface area contributed by atoms with Crippen LogP contribution in [0, 0.1) is 11.3 Å². The Morgan fingerprint density at radius 2 is 1.90 bits per heavy atom. The van der Waals surface area contributed by atoms with Crippen molar-refractivity contribution < 1.29 is 4.74 Å². The molecule has 0 aliphatic carbocycles. The second-order valence-electron chi connectivity index (χ2n) is 7.66. The molecule has 1 aromatic carbocycles. The van der Waals surface area contributed by atoms with Gasteiger partial charge in [-0.1, -0.05) is 39.7 Å². The number of nitrogen functional groups attached to an aromatic ring is 1. The second kappa shape index (κ2) is 11.5. The SMILES string of the molecule is CCCCN(C)c1nc(CC)nc(Cc2c(CCC)ccc(N)c2C#N)c1COC. The van der Waals surface area contributed by atoms with Gasteiger partial charge < -0.3 is 15.4 Å². The summed E-state index contributed by atoms with van der Waals surface area (Å²) in [5.41, 5.74) is 11.3. The molecule has 0 unspecified atom stereocenters. The quantitative estimate of drug-likeness (QED) is 0.553. The Morgan fingerprint density at radius 3 is 2.50 bits per heavy atom. The van der Waals surface area contributed by atoms with Crippen LogP contribution in [0.4, 0.5) is 11.5 Å². The third-order valence-corrected chi connectivity index (χ3v) is 5.35. The van der Waals surface area contributed by atoms with Crippen LogP contribution in [0.15, 0.2) is 12.1 Å². The number of methoxy groups -OCH3 is 1. The van der Waals surface area contributed by atoms with Crippen molar-refractivity contribution >= 4 is 11.5 Å². The van der Waals surface area contributed by atoms with Crippen LogP contribution in [0.25, 0.3) is 0 Å². The molecule has 0 radical (unpaired) electrons. The first-order valence-corrected chi connectivity index (χ1v) is 10.9. The highest BCUT2D eigenvalue weighted by Gasteiger charge is 2.20. The Hall–Kier alpha value is -2.65. The number of nitrogens with zero attached hydrogens (tertiary/aromatic N) is 4. The fraction of sp³-hybridized carbons (Fsp3) is 0.542. The van der Waals surface area contributed by atoms with Gasteiger partial charge in [0.1, 0.15) is 17.7 Å². The molecule has 0 fully saturated rings. The van der Waals surface area contributed by atoms with Crippen molar-refractivity contribution in [1.82, 2.24) is 9.97 Å². The van der Waals surface area contributed by atoms with Gasteiger partial charge in [-0.3, -0.25) is 0 Å².